The van der Waals surface area contributed by atoms with Gasteiger partial charge in [0.15, 0.2) is 6.29 Å². The largest absolute Gasteiger partial charge is 0.481 e. The Bertz CT molecular complexity index is 449. The average molecular weight is 346 g/mol. The Kier molecular flexibility index (Phi) is 8.14. The Morgan fingerprint density at radius 3 is 2.29 bits per heavy atom. The number of carboxylic acids is 1. The summed E-state index contributed by atoms with van der Waals surface area (Å²) in [7, 11) is 0. The molecule has 8 nitrogen and oxygen atoms in total. The highest BCUT2D eigenvalue weighted by molar-refractivity contribution is 5.67. The molecule has 1 saturated heterocycles. The van der Waals surface area contributed by atoms with E-state index in [4.69, 9.17) is 24.1 Å². The number of rotatable bonds is 8. The normalized spacial score (nSPS) is 29.8. The SMILES string of the molecule is CC(=O)OCC1OC(OCCCC(=O)O)C(C)C(OC(C)=O)C1C. The summed E-state index contributed by atoms with van der Waals surface area (Å²) in [6.07, 6.45) is -1.23. The molecule has 1 aliphatic heterocycles. The lowest BCUT2D eigenvalue weighted by Gasteiger charge is -2.43. The van der Waals surface area contributed by atoms with Crippen LogP contribution in [-0.2, 0) is 33.3 Å². The van der Waals surface area contributed by atoms with Gasteiger partial charge in [-0.2, -0.15) is 0 Å². The van der Waals surface area contributed by atoms with Gasteiger partial charge in [0.05, 0.1) is 6.61 Å². The zero-order valence-electron chi connectivity index (χ0n) is 14.5. The van der Waals surface area contributed by atoms with Gasteiger partial charge in [0, 0.05) is 32.1 Å². The summed E-state index contributed by atoms with van der Waals surface area (Å²) in [4.78, 5) is 32.9. The van der Waals surface area contributed by atoms with E-state index in [9.17, 15) is 14.4 Å². The van der Waals surface area contributed by atoms with Crippen LogP contribution in [0.1, 0.15) is 40.5 Å². The summed E-state index contributed by atoms with van der Waals surface area (Å²) >= 11 is 0. The standard InChI is InChI=1S/C16H26O8/c1-9-13(8-22-11(3)17)24-16(21-7-5-6-14(19)20)10(2)15(9)23-12(4)18/h9-10,13,15-16H,5-8H2,1-4H3,(H,19,20). The van der Waals surface area contributed by atoms with E-state index in [1.165, 1.54) is 13.8 Å². The summed E-state index contributed by atoms with van der Waals surface area (Å²) < 4.78 is 21.9. The Hall–Kier alpha value is -1.67. The van der Waals surface area contributed by atoms with E-state index in [1.807, 2.05) is 13.8 Å². The predicted molar refractivity (Wildman–Crippen MR) is 82.0 cm³/mol. The van der Waals surface area contributed by atoms with Gasteiger partial charge in [0.1, 0.15) is 18.8 Å². The molecular weight excluding hydrogens is 320 g/mol. The van der Waals surface area contributed by atoms with Gasteiger partial charge in [-0.05, 0) is 6.42 Å². The summed E-state index contributed by atoms with van der Waals surface area (Å²) in [5.74, 6) is -2.14. The average Bonchev–Trinajstić information content (AvgIpc) is 2.48. The first-order valence-electron chi connectivity index (χ1n) is 8.01. The van der Waals surface area contributed by atoms with Crippen LogP contribution in [0, 0.1) is 11.8 Å². The first-order chi connectivity index (χ1) is 11.2. The van der Waals surface area contributed by atoms with Gasteiger partial charge in [-0.15, -0.1) is 0 Å². The van der Waals surface area contributed by atoms with Gasteiger partial charge in [-0.25, -0.2) is 0 Å². The van der Waals surface area contributed by atoms with E-state index in [-0.39, 0.29) is 31.5 Å². The summed E-state index contributed by atoms with van der Waals surface area (Å²) in [6, 6.07) is 0. The lowest BCUT2D eigenvalue weighted by Crippen LogP contribution is -2.53. The maximum atomic E-state index is 11.4. The van der Waals surface area contributed by atoms with Gasteiger partial charge in [0.25, 0.3) is 0 Å². The van der Waals surface area contributed by atoms with Crippen molar-refractivity contribution in [2.24, 2.45) is 11.8 Å². The van der Waals surface area contributed by atoms with Crippen LogP contribution in [0.3, 0.4) is 0 Å². The zero-order chi connectivity index (χ0) is 18.3. The molecule has 24 heavy (non-hydrogen) atoms. The minimum absolute atomic E-state index is 0.00174. The second-order valence-electron chi connectivity index (χ2n) is 6.01. The predicted octanol–water partition coefficient (Wildman–Crippen LogP) is 1.36. The lowest BCUT2D eigenvalue weighted by molar-refractivity contribution is -0.271. The van der Waals surface area contributed by atoms with Crippen LogP contribution in [0.2, 0.25) is 0 Å². The molecule has 1 rings (SSSR count). The molecule has 138 valence electrons. The quantitative estimate of drug-likeness (QED) is 0.518. The molecule has 0 aromatic carbocycles. The molecule has 1 aliphatic rings. The van der Waals surface area contributed by atoms with E-state index >= 15 is 0 Å². The van der Waals surface area contributed by atoms with E-state index in [1.54, 1.807) is 0 Å². The van der Waals surface area contributed by atoms with E-state index < -0.39 is 36.4 Å². The Morgan fingerprint density at radius 2 is 1.75 bits per heavy atom. The maximum absolute atomic E-state index is 11.4. The fourth-order valence-electron chi connectivity index (χ4n) is 2.68. The zero-order valence-corrected chi connectivity index (χ0v) is 14.5. The Morgan fingerprint density at radius 1 is 1.08 bits per heavy atom. The second kappa shape index (κ2) is 9.58. The highest BCUT2D eigenvalue weighted by Crippen LogP contribution is 2.33. The minimum atomic E-state index is -0.893. The molecule has 0 bridgehead atoms. The van der Waals surface area contributed by atoms with E-state index in [0.717, 1.165) is 0 Å². The van der Waals surface area contributed by atoms with Crippen molar-refractivity contribution in [2.45, 2.75) is 59.0 Å². The number of hydrogen-bond acceptors (Lipinski definition) is 7. The molecular formula is C16H26O8. The van der Waals surface area contributed by atoms with Crippen LogP contribution in [0.15, 0.2) is 0 Å². The van der Waals surface area contributed by atoms with Crippen LogP contribution < -0.4 is 0 Å². The minimum Gasteiger partial charge on any atom is -0.481 e. The number of carbonyl (C=O) groups excluding carboxylic acids is 2. The number of ether oxygens (including phenoxy) is 4. The van der Waals surface area contributed by atoms with Crippen molar-refractivity contribution in [1.82, 2.24) is 0 Å². The molecule has 0 saturated carbocycles. The Balaban J connectivity index is 2.71. The molecule has 5 unspecified atom stereocenters. The highest BCUT2D eigenvalue weighted by atomic mass is 16.7. The van der Waals surface area contributed by atoms with Gasteiger partial charge in [-0.1, -0.05) is 13.8 Å². The van der Waals surface area contributed by atoms with Crippen LogP contribution in [0.5, 0.6) is 0 Å². The van der Waals surface area contributed by atoms with Crippen LogP contribution in [0.25, 0.3) is 0 Å². The van der Waals surface area contributed by atoms with Crippen LogP contribution in [-0.4, -0.2) is 54.7 Å². The lowest BCUT2D eigenvalue weighted by atomic mass is 9.85. The molecule has 0 radical (unpaired) electrons. The number of carbonyl (C=O) groups is 3. The molecule has 0 aromatic rings. The van der Waals surface area contributed by atoms with Gasteiger partial charge in [0.2, 0.25) is 0 Å². The summed E-state index contributed by atoms with van der Waals surface area (Å²) in [6.45, 7) is 6.59. The van der Waals surface area contributed by atoms with E-state index in [2.05, 4.69) is 0 Å². The van der Waals surface area contributed by atoms with Crippen molar-refractivity contribution in [1.29, 1.82) is 0 Å². The van der Waals surface area contributed by atoms with Crippen LogP contribution >= 0.6 is 0 Å². The third kappa shape index (κ3) is 6.45. The fourth-order valence-corrected chi connectivity index (χ4v) is 2.68. The number of carboxylic acid groups (broad SMARTS) is 1. The fraction of sp³-hybridized carbons (Fsp3) is 0.812. The van der Waals surface area contributed by atoms with Crippen molar-refractivity contribution in [3.63, 3.8) is 0 Å². The molecule has 0 spiro atoms. The highest BCUT2D eigenvalue weighted by Gasteiger charge is 2.44. The van der Waals surface area contributed by atoms with Crippen molar-refractivity contribution in [3.8, 4) is 0 Å². The van der Waals surface area contributed by atoms with Gasteiger partial charge >= 0.3 is 17.9 Å². The molecule has 1 fully saturated rings. The first-order valence-corrected chi connectivity index (χ1v) is 8.01. The molecule has 0 aliphatic carbocycles. The van der Waals surface area contributed by atoms with Crippen molar-refractivity contribution < 1.29 is 38.4 Å². The van der Waals surface area contributed by atoms with Crippen molar-refractivity contribution in [2.75, 3.05) is 13.2 Å². The maximum Gasteiger partial charge on any atom is 0.303 e. The molecule has 1 heterocycles. The third-order valence-corrected chi connectivity index (χ3v) is 3.93. The van der Waals surface area contributed by atoms with Crippen LogP contribution in [0.4, 0.5) is 0 Å². The smallest absolute Gasteiger partial charge is 0.303 e. The molecule has 1 N–H and O–H groups in total. The molecule has 0 aromatic heterocycles. The Labute approximate surface area is 141 Å². The monoisotopic (exact) mass is 346 g/mol. The number of aliphatic carboxylic acids is 1. The summed E-state index contributed by atoms with van der Waals surface area (Å²) in [5, 5.41) is 8.65. The topological polar surface area (TPSA) is 108 Å². The first kappa shape index (κ1) is 20.4. The molecule has 0 amide bonds. The number of hydrogen-bond donors (Lipinski definition) is 1. The van der Waals surface area contributed by atoms with Gasteiger partial charge < -0.3 is 24.1 Å². The van der Waals surface area contributed by atoms with Crippen molar-refractivity contribution in [3.05, 3.63) is 0 Å². The molecule has 8 heteroatoms. The van der Waals surface area contributed by atoms with E-state index in [0.29, 0.717) is 6.42 Å². The second-order valence-corrected chi connectivity index (χ2v) is 6.01. The number of esters is 2. The summed E-state index contributed by atoms with van der Waals surface area (Å²) in [5.41, 5.74) is 0. The van der Waals surface area contributed by atoms with Gasteiger partial charge in [-0.3, -0.25) is 14.4 Å². The third-order valence-electron chi connectivity index (χ3n) is 3.93. The van der Waals surface area contributed by atoms with Crippen molar-refractivity contribution >= 4 is 17.9 Å². The molecule has 5 atom stereocenters.